The average molecular weight is 223 g/mol. The van der Waals surface area contributed by atoms with Crippen LogP contribution < -0.4 is 4.90 Å². The third-order valence-corrected chi connectivity index (χ3v) is 2.45. The topological polar surface area (TPSA) is 53.3 Å². The zero-order chi connectivity index (χ0) is 10.8. The first-order valence-corrected chi connectivity index (χ1v) is 4.74. The van der Waals surface area contributed by atoms with E-state index in [4.69, 9.17) is 21.6 Å². The van der Waals surface area contributed by atoms with Crippen molar-refractivity contribution in [3.63, 3.8) is 0 Å². The Labute approximate surface area is 91.6 Å². The highest BCUT2D eigenvalue weighted by atomic mass is 35.5. The van der Waals surface area contributed by atoms with E-state index >= 15 is 0 Å². The minimum Gasteiger partial charge on any atom is -0.447 e. The molecular weight excluding hydrogens is 216 g/mol. The van der Waals surface area contributed by atoms with Crippen LogP contribution in [-0.2, 0) is 4.74 Å². The van der Waals surface area contributed by atoms with Crippen LogP contribution in [0.3, 0.4) is 0 Å². The van der Waals surface area contributed by atoms with Crippen molar-refractivity contribution >= 4 is 23.4 Å². The summed E-state index contributed by atoms with van der Waals surface area (Å²) in [5, 5.41) is 9.17. The molecule has 5 heteroatoms. The van der Waals surface area contributed by atoms with Gasteiger partial charge in [-0.3, -0.25) is 4.90 Å². The number of halogens is 1. The van der Waals surface area contributed by atoms with Crippen molar-refractivity contribution in [3.05, 3.63) is 28.8 Å². The second-order valence-electron chi connectivity index (χ2n) is 3.04. The monoisotopic (exact) mass is 222 g/mol. The molecule has 1 aromatic rings. The Morgan fingerprint density at radius 2 is 2.33 bits per heavy atom. The van der Waals surface area contributed by atoms with Gasteiger partial charge in [-0.15, -0.1) is 0 Å². The van der Waals surface area contributed by atoms with Crippen molar-refractivity contribution in [2.75, 3.05) is 18.1 Å². The van der Waals surface area contributed by atoms with Crippen molar-refractivity contribution in [1.82, 2.24) is 0 Å². The summed E-state index contributed by atoms with van der Waals surface area (Å²) in [6.07, 6.45) is -0.424. The van der Waals surface area contributed by atoms with E-state index in [0.717, 1.165) is 0 Å². The molecule has 0 atom stereocenters. The van der Waals surface area contributed by atoms with Gasteiger partial charge in [0.05, 0.1) is 28.9 Å². The largest absolute Gasteiger partial charge is 0.447 e. The van der Waals surface area contributed by atoms with Crippen molar-refractivity contribution in [3.8, 4) is 6.07 Å². The molecule has 0 bridgehead atoms. The summed E-state index contributed by atoms with van der Waals surface area (Å²) < 4.78 is 4.79. The van der Waals surface area contributed by atoms with Gasteiger partial charge in [-0.25, -0.2) is 4.79 Å². The number of rotatable bonds is 1. The summed E-state index contributed by atoms with van der Waals surface area (Å²) in [5.74, 6) is 0. The van der Waals surface area contributed by atoms with Gasteiger partial charge in [0.25, 0.3) is 0 Å². The van der Waals surface area contributed by atoms with Crippen molar-refractivity contribution < 1.29 is 9.53 Å². The molecule has 76 valence electrons. The molecule has 0 unspecified atom stereocenters. The van der Waals surface area contributed by atoms with Crippen LogP contribution in [0, 0.1) is 11.3 Å². The molecule has 2 rings (SSSR count). The molecule has 1 aliphatic heterocycles. The molecule has 1 heterocycles. The van der Waals surface area contributed by atoms with Crippen LogP contribution in [0.1, 0.15) is 5.56 Å². The molecular formula is C10H7ClN2O2. The number of benzene rings is 1. The number of hydrogen-bond donors (Lipinski definition) is 0. The van der Waals surface area contributed by atoms with Crippen LogP contribution in [-0.4, -0.2) is 19.2 Å². The van der Waals surface area contributed by atoms with E-state index in [1.165, 1.54) is 4.90 Å². The Hall–Kier alpha value is -1.73. The maximum Gasteiger partial charge on any atom is 0.414 e. The van der Waals surface area contributed by atoms with E-state index in [0.29, 0.717) is 29.4 Å². The van der Waals surface area contributed by atoms with Gasteiger partial charge in [0.15, 0.2) is 0 Å². The zero-order valence-electron chi connectivity index (χ0n) is 7.74. The van der Waals surface area contributed by atoms with Crippen molar-refractivity contribution in [2.24, 2.45) is 0 Å². The standard InChI is InChI=1S/C10H7ClN2O2/c11-8-2-1-7(6-12)5-9(8)13-3-4-15-10(13)14/h1-2,5H,3-4H2. The molecule has 0 N–H and O–H groups in total. The maximum absolute atomic E-state index is 11.3. The molecule has 4 nitrogen and oxygen atoms in total. The van der Waals surface area contributed by atoms with Gasteiger partial charge in [0.1, 0.15) is 6.61 Å². The first-order valence-electron chi connectivity index (χ1n) is 4.36. The molecule has 1 saturated heterocycles. The summed E-state index contributed by atoms with van der Waals surface area (Å²) in [6.45, 7) is 0.819. The van der Waals surface area contributed by atoms with Gasteiger partial charge >= 0.3 is 6.09 Å². The average Bonchev–Trinajstić information content (AvgIpc) is 2.65. The minimum atomic E-state index is -0.424. The second-order valence-corrected chi connectivity index (χ2v) is 3.45. The van der Waals surface area contributed by atoms with Gasteiger partial charge < -0.3 is 4.74 Å². The van der Waals surface area contributed by atoms with Crippen LogP contribution in [0.15, 0.2) is 18.2 Å². The van der Waals surface area contributed by atoms with Crippen LogP contribution in [0.25, 0.3) is 0 Å². The highest BCUT2D eigenvalue weighted by molar-refractivity contribution is 6.33. The summed E-state index contributed by atoms with van der Waals surface area (Å²) in [7, 11) is 0. The lowest BCUT2D eigenvalue weighted by Gasteiger charge is -2.14. The number of ether oxygens (including phenoxy) is 1. The van der Waals surface area contributed by atoms with Crippen molar-refractivity contribution in [2.45, 2.75) is 0 Å². The number of carbonyl (C=O) groups excluding carboxylic acids is 1. The Balaban J connectivity index is 2.43. The highest BCUT2D eigenvalue weighted by Gasteiger charge is 2.25. The van der Waals surface area contributed by atoms with E-state index in [2.05, 4.69) is 0 Å². The second kappa shape index (κ2) is 3.79. The van der Waals surface area contributed by atoms with E-state index in [1.54, 1.807) is 18.2 Å². The van der Waals surface area contributed by atoms with Gasteiger partial charge in [-0.2, -0.15) is 5.26 Å². The normalized spacial score (nSPS) is 14.9. The van der Waals surface area contributed by atoms with Crippen LogP contribution in [0.5, 0.6) is 0 Å². The SMILES string of the molecule is N#Cc1ccc(Cl)c(N2CCOC2=O)c1. The Morgan fingerprint density at radius 1 is 1.53 bits per heavy atom. The fraction of sp³-hybridized carbons (Fsp3) is 0.200. The van der Waals surface area contributed by atoms with Gasteiger partial charge in [-0.05, 0) is 18.2 Å². The van der Waals surface area contributed by atoms with E-state index in [9.17, 15) is 4.79 Å². The van der Waals surface area contributed by atoms with E-state index < -0.39 is 6.09 Å². The third-order valence-electron chi connectivity index (χ3n) is 2.13. The Morgan fingerprint density at radius 3 is 2.93 bits per heavy atom. The third kappa shape index (κ3) is 1.74. The number of carbonyl (C=O) groups is 1. The number of cyclic esters (lactones) is 1. The Bertz CT molecular complexity index is 453. The summed E-state index contributed by atoms with van der Waals surface area (Å²) >= 11 is 5.94. The highest BCUT2D eigenvalue weighted by Crippen LogP contribution is 2.28. The van der Waals surface area contributed by atoms with Gasteiger partial charge in [0.2, 0.25) is 0 Å². The Kier molecular flexibility index (Phi) is 2.48. The smallest absolute Gasteiger partial charge is 0.414 e. The summed E-state index contributed by atoms with van der Waals surface area (Å²) in [5.41, 5.74) is 0.993. The lowest BCUT2D eigenvalue weighted by molar-refractivity contribution is 0.181. The summed E-state index contributed by atoms with van der Waals surface area (Å²) in [4.78, 5) is 12.7. The van der Waals surface area contributed by atoms with Crippen LogP contribution in [0.2, 0.25) is 5.02 Å². The number of anilines is 1. The molecule has 1 aromatic carbocycles. The molecule has 0 aliphatic carbocycles. The molecule has 1 fully saturated rings. The quantitative estimate of drug-likeness (QED) is 0.732. The van der Waals surface area contributed by atoms with E-state index in [1.807, 2.05) is 6.07 Å². The first-order chi connectivity index (χ1) is 7.22. The number of nitriles is 1. The molecule has 0 radical (unpaired) electrons. The number of nitrogens with zero attached hydrogens (tertiary/aromatic N) is 2. The molecule has 0 spiro atoms. The van der Waals surface area contributed by atoms with Gasteiger partial charge in [0, 0.05) is 0 Å². The predicted octanol–water partition coefficient (Wildman–Crippen LogP) is 2.17. The van der Waals surface area contributed by atoms with Crippen LogP contribution in [0.4, 0.5) is 10.5 Å². The maximum atomic E-state index is 11.3. The van der Waals surface area contributed by atoms with Crippen LogP contribution >= 0.6 is 11.6 Å². The van der Waals surface area contributed by atoms with Crippen molar-refractivity contribution in [1.29, 1.82) is 5.26 Å². The lowest BCUT2D eigenvalue weighted by atomic mass is 10.2. The summed E-state index contributed by atoms with van der Waals surface area (Å²) in [6, 6.07) is 6.78. The van der Waals surface area contributed by atoms with Gasteiger partial charge in [-0.1, -0.05) is 11.6 Å². The molecule has 1 amide bonds. The molecule has 0 aromatic heterocycles. The number of amides is 1. The fourth-order valence-electron chi connectivity index (χ4n) is 1.40. The minimum absolute atomic E-state index is 0.353. The predicted molar refractivity (Wildman–Crippen MR) is 54.9 cm³/mol. The molecule has 0 saturated carbocycles. The first kappa shape index (κ1) is 9.81. The number of hydrogen-bond acceptors (Lipinski definition) is 3. The molecule has 15 heavy (non-hydrogen) atoms. The lowest BCUT2D eigenvalue weighted by Crippen LogP contribution is -2.23. The zero-order valence-corrected chi connectivity index (χ0v) is 8.49. The van der Waals surface area contributed by atoms with E-state index in [-0.39, 0.29) is 0 Å². The fourth-order valence-corrected chi connectivity index (χ4v) is 1.62. The molecule has 1 aliphatic rings.